The van der Waals surface area contributed by atoms with Gasteiger partial charge in [-0.3, -0.25) is 0 Å². The zero-order valence-electron chi connectivity index (χ0n) is 6.67. The number of amidine groups is 1. The van der Waals surface area contributed by atoms with E-state index in [2.05, 4.69) is 15.1 Å². The number of anilines is 2. The maximum Gasteiger partial charge on any atom is 0.355 e. The van der Waals surface area contributed by atoms with Crippen molar-refractivity contribution in [1.82, 2.24) is 10.1 Å². The topological polar surface area (TPSA) is 116 Å². The van der Waals surface area contributed by atoms with Gasteiger partial charge >= 0.3 is 6.01 Å². The minimum Gasteiger partial charge on any atom is -0.365 e. The quantitative estimate of drug-likeness (QED) is 0.587. The second-order valence-electron chi connectivity index (χ2n) is 2.27. The molecule has 0 saturated carbocycles. The van der Waals surface area contributed by atoms with Crippen molar-refractivity contribution in [3.8, 4) is 0 Å². The summed E-state index contributed by atoms with van der Waals surface area (Å²) in [6.45, 7) is 0.442. The van der Waals surface area contributed by atoms with E-state index in [1.54, 1.807) is 0 Å². The summed E-state index contributed by atoms with van der Waals surface area (Å²) < 4.78 is 4.76. The van der Waals surface area contributed by atoms with Gasteiger partial charge in [0, 0.05) is 0 Å². The summed E-state index contributed by atoms with van der Waals surface area (Å²) in [5, 5.41) is 4.67. The van der Waals surface area contributed by atoms with E-state index in [9.17, 15) is 0 Å². The van der Waals surface area contributed by atoms with Gasteiger partial charge in [0.05, 0.1) is 6.54 Å². The van der Waals surface area contributed by atoms with E-state index in [0.29, 0.717) is 5.84 Å². The van der Waals surface area contributed by atoms with Gasteiger partial charge in [-0.2, -0.15) is 10.0 Å². The highest BCUT2D eigenvalue weighted by Gasteiger charge is 2.23. The highest BCUT2D eigenvalue weighted by Crippen LogP contribution is 2.15. The highest BCUT2D eigenvalue weighted by atomic mass is 16.7. The van der Waals surface area contributed by atoms with Crippen LogP contribution in [0.5, 0.6) is 0 Å². The number of nitrogen functional groups attached to an aromatic ring is 1. The van der Waals surface area contributed by atoms with Crippen LogP contribution in [0.1, 0.15) is 0 Å². The molecule has 0 amide bonds. The lowest BCUT2D eigenvalue weighted by Crippen LogP contribution is -2.31. The smallest absolute Gasteiger partial charge is 0.355 e. The van der Waals surface area contributed by atoms with Crippen LogP contribution < -0.4 is 16.5 Å². The number of rotatable bonds is 2. The van der Waals surface area contributed by atoms with Crippen molar-refractivity contribution in [3.05, 3.63) is 0 Å². The van der Waals surface area contributed by atoms with E-state index in [4.69, 9.17) is 20.8 Å². The van der Waals surface area contributed by atoms with Crippen LogP contribution in [-0.2, 0) is 4.84 Å². The Hall–Kier alpha value is -1.67. The molecule has 0 atom stereocenters. The van der Waals surface area contributed by atoms with E-state index >= 15 is 0 Å². The third kappa shape index (κ3) is 1.32. The monoisotopic (exact) mass is 184 g/mol. The number of nitrogens with two attached hydrogens (primary N) is 2. The Morgan fingerprint density at radius 1 is 1.54 bits per heavy atom. The summed E-state index contributed by atoms with van der Waals surface area (Å²) in [6.07, 6.45) is 0. The molecule has 0 aromatic carbocycles. The van der Waals surface area contributed by atoms with Crippen molar-refractivity contribution >= 4 is 17.8 Å². The molecule has 1 aliphatic heterocycles. The second-order valence-corrected chi connectivity index (χ2v) is 2.27. The van der Waals surface area contributed by atoms with Crippen molar-refractivity contribution in [1.29, 1.82) is 0 Å². The van der Waals surface area contributed by atoms with Gasteiger partial charge in [0.15, 0.2) is 12.6 Å². The molecule has 4 N–H and O–H groups in total. The summed E-state index contributed by atoms with van der Waals surface area (Å²) in [7, 11) is 0. The summed E-state index contributed by atoms with van der Waals surface area (Å²) in [5.41, 5.74) is 10.7. The Morgan fingerprint density at radius 3 is 3.00 bits per heavy atom. The minimum atomic E-state index is 0.0434. The second kappa shape index (κ2) is 2.99. The van der Waals surface area contributed by atoms with Gasteiger partial charge < -0.3 is 16.0 Å². The van der Waals surface area contributed by atoms with Crippen molar-refractivity contribution in [3.63, 3.8) is 0 Å². The van der Waals surface area contributed by atoms with Crippen LogP contribution in [0.25, 0.3) is 0 Å². The van der Waals surface area contributed by atoms with Crippen LogP contribution in [0.2, 0.25) is 0 Å². The number of hydroxylamine groups is 1. The fourth-order valence-electron chi connectivity index (χ4n) is 0.922. The maximum atomic E-state index is 5.39. The van der Waals surface area contributed by atoms with Crippen LogP contribution in [0, 0.1) is 0 Å². The normalized spacial score (nSPS) is 16.4. The fourth-order valence-corrected chi connectivity index (χ4v) is 0.922. The fraction of sp³-hybridized carbons (Fsp3) is 0.400. The Kier molecular flexibility index (Phi) is 1.83. The molecule has 0 unspecified atom stereocenters. The number of aromatic nitrogens is 2. The molecule has 0 saturated heterocycles. The molecule has 13 heavy (non-hydrogen) atoms. The predicted octanol–water partition coefficient (Wildman–Crippen LogP) is -1.28. The number of hydrogen-bond donors (Lipinski definition) is 2. The molecule has 2 rings (SSSR count). The van der Waals surface area contributed by atoms with Gasteiger partial charge in [-0.15, -0.1) is 0 Å². The predicted molar refractivity (Wildman–Crippen MR) is 43.6 cm³/mol. The van der Waals surface area contributed by atoms with E-state index < -0.39 is 0 Å². The summed E-state index contributed by atoms with van der Waals surface area (Å²) in [5.74, 6) is 0.575. The molecule has 0 bridgehead atoms. The first-order valence-corrected chi connectivity index (χ1v) is 3.57. The summed E-state index contributed by atoms with van der Waals surface area (Å²) >= 11 is 0. The summed E-state index contributed by atoms with van der Waals surface area (Å²) in [6, 6.07) is 0.138. The van der Waals surface area contributed by atoms with Gasteiger partial charge in [0.25, 0.3) is 5.95 Å². The molecule has 0 aliphatic carbocycles. The molecule has 2 heterocycles. The van der Waals surface area contributed by atoms with Crippen LogP contribution in [-0.4, -0.2) is 29.3 Å². The molecule has 0 spiro atoms. The number of hydrogen-bond acceptors (Lipinski definition) is 8. The molecular weight excluding hydrogens is 176 g/mol. The van der Waals surface area contributed by atoms with E-state index in [1.807, 2.05) is 0 Å². The number of aliphatic imine (C=N–C) groups is 1. The average molecular weight is 184 g/mol. The molecule has 1 aliphatic rings. The Morgan fingerprint density at radius 2 is 2.38 bits per heavy atom. The largest absolute Gasteiger partial charge is 0.365 e. The van der Waals surface area contributed by atoms with Crippen molar-refractivity contribution in [2.24, 2.45) is 10.7 Å². The standard InChI is InChI=1S/C5H8N6O2/c6-1-3-8-2-12-11(3)5-9-4(7)10-13-5/h1-2,6H2,(H2,7,10). The van der Waals surface area contributed by atoms with E-state index in [1.165, 1.54) is 5.06 Å². The minimum absolute atomic E-state index is 0.0434. The number of nitrogens with zero attached hydrogens (tertiary/aromatic N) is 4. The SMILES string of the molecule is NCC1=NCON1c1nc(N)no1. The lowest BCUT2D eigenvalue weighted by atomic mass is 10.6. The Balaban J connectivity index is 2.22. The molecule has 0 fully saturated rings. The maximum absolute atomic E-state index is 5.39. The average Bonchev–Trinajstić information content (AvgIpc) is 2.71. The molecular formula is C5H8N6O2. The summed E-state index contributed by atoms with van der Waals surface area (Å²) in [4.78, 5) is 12.8. The van der Waals surface area contributed by atoms with Crippen LogP contribution in [0.3, 0.4) is 0 Å². The van der Waals surface area contributed by atoms with Gasteiger partial charge in [0.2, 0.25) is 0 Å². The highest BCUT2D eigenvalue weighted by molar-refractivity contribution is 5.96. The molecule has 8 nitrogen and oxygen atoms in total. The van der Waals surface area contributed by atoms with Gasteiger partial charge in [0.1, 0.15) is 0 Å². The lowest BCUT2D eigenvalue weighted by molar-refractivity contribution is 0.155. The first-order chi connectivity index (χ1) is 6.31. The van der Waals surface area contributed by atoms with Gasteiger partial charge in [-0.1, -0.05) is 0 Å². The lowest BCUT2D eigenvalue weighted by Gasteiger charge is -2.10. The van der Waals surface area contributed by atoms with Crippen LogP contribution >= 0.6 is 0 Å². The van der Waals surface area contributed by atoms with Crippen LogP contribution in [0.4, 0.5) is 12.0 Å². The zero-order valence-corrected chi connectivity index (χ0v) is 6.67. The third-order valence-electron chi connectivity index (χ3n) is 1.46. The molecule has 0 radical (unpaired) electrons. The first kappa shape index (κ1) is 7.95. The van der Waals surface area contributed by atoms with Crippen molar-refractivity contribution in [2.45, 2.75) is 0 Å². The third-order valence-corrected chi connectivity index (χ3v) is 1.46. The van der Waals surface area contributed by atoms with Crippen LogP contribution in [0.15, 0.2) is 9.52 Å². The van der Waals surface area contributed by atoms with E-state index in [0.717, 1.165) is 0 Å². The van der Waals surface area contributed by atoms with E-state index in [-0.39, 0.29) is 25.2 Å². The zero-order chi connectivity index (χ0) is 9.26. The molecule has 70 valence electrons. The molecule has 8 heteroatoms. The van der Waals surface area contributed by atoms with Gasteiger partial charge in [-0.25, -0.2) is 9.83 Å². The molecule has 1 aromatic heterocycles. The Bertz CT molecular complexity index is 334. The molecule has 1 aromatic rings. The van der Waals surface area contributed by atoms with Crippen molar-refractivity contribution < 1.29 is 9.36 Å². The first-order valence-electron chi connectivity index (χ1n) is 3.57. The Labute approximate surface area is 73.1 Å². The van der Waals surface area contributed by atoms with Crippen molar-refractivity contribution in [2.75, 3.05) is 24.1 Å². The van der Waals surface area contributed by atoms with Gasteiger partial charge in [-0.05, 0) is 5.16 Å².